The SMILES string of the molecule is CCCCC/C=C\C/C=C\C/C=C\C=C\[C@@H](O)CCCC(=O)OC[C@H](COP(=O)(O)O[C@H]1C(O)C(O)C(O)[C@@H](OP(=O)(O)O)C1O)OC(=O)CCCCCCCCCCCCCCC. The molecule has 0 amide bonds. The number of carbonyl (C=O) groups excluding carboxylic acids is 2. The molecule has 17 nitrogen and oxygen atoms in total. The predicted octanol–water partition coefficient (Wildman–Crippen LogP) is 7.48. The molecular weight excluding hydrogens is 874 g/mol. The monoisotopic (exact) mass is 954 g/mol. The molecule has 372 valence electrons. The molecule has 1 rings (SSSR count). The van der Waals surface area contributed by atoms with Gasteiger partial charge < -0.3 is 49.7 Å². The van der Waals surface area contributed by atoms with Crippen molar-refractivity contribution >= 4 is 27.6 Å². The maximum atomic E-state index is 13.0. The number of phosphoric acid groups is 2. The topological polar surface area (TPSA) is 276 Å². The van der Waals surface area contributed by atoms with Crippen LogP contribution in [0.5, 0.6) is 0 Å². The number of carbonyl (C=O) groups is 2. The van der Waals surface area contributed by atoms with Gasteiger partial charge >= 0.3 is 27.6 Å². The standard InChI is InChI=1S/C45H80O17P2/c1-3-5-7-9-11-13-15-17-19-21-23-25-27-30-36(46)31-29-33-38(47)58-34-37(60-39(48)32-28-26-24-22-20-18-16-14-12-10-8-6-4-2)35-59-64(56,57)62-45-42(51)40(49)41(50)44(43(45)52)61-63(53,54)55/h11,13,17,19,23,25,27,30,36-37,40-46,49-52H,3-10,12,14-16,18,20-22,24,26,28-29,31-35H2,1-2H3,(H,56,57)(H2,53,54,55)/b13-11-,19-17-,25-23-,30-27+/t36-,37-,40?,41?,42?,43?,44-,45+/m1/s1. The van der Waals surface area contributed by atoms with Gasteiger partial charge in [0.15, 0.2) is 6.10 Å². The van der Waals surface area contributed by atoms with E-state index in [0.717, 1.165) is 44.9 Å². The maximum absolute atomic E-state index is 13.0. The lowest BCUT2D eigenvalue weighted by atomic mass is 9.85. The summed E-state index contributed by atoms with van der Waals surface area (Å²) in [5.41, 5.74) is 0. The minimum Gasteiger partial charge on any atom is -0.462 e. The third kappa shape index (κ3) is 30.3. The van der Waals surface area contributed by atoms with E-state index in [2.05, 4.69) is 42.7 Å². The predicted molar refractivity (Wildman–Crippen MR) is 243 cm³/mol. The van der Waals surface area contributed by atoms with Crippen molar-refractivity contribution < 1.29 is 82.0 Å². The largest absolute Gasteiger partial charge is 0.472 e. The van der Waals surface area contributed by atoms with Crippen molar-refractivity contribution in [3.8, 4) is 0 Å². The highest BCUT2D eigenvalue weighted by Crippen LogP contribution is 2.49. The summed E-state index contributed by atoms with van der Waals surface area (Å²) in [6.45, 7) is 2.90. The van der Waals surface area contributed by atoms with Crippen molar-refractivity contribution in [1.82, 2.24) is 0 Å². The summed E-state index contributed by atoms with van der Waals surface area (Å²) in [4.78, 5) is 54.2. The molecule has 0 spiro atoms. The molecule has 9 atom stereocenters. The Morgan fingerprint density at radius 2 is 1.09 bits per heavy atom. The Balaban J connectivity index is 2.69. The van der Waals surface area contributed by atoms with E-state index in [1.165, 1.54) is 70.6 Å². The molecule has 1 aliphatic rings. The van der Waals surface area contributed by atoms with Gasteiger partial charge in [0, 0.05) is 12.8 Å². The lowest BCUT2D eigenvalue weighted by molar-refractivity contribution is -0.216. The lowest BCUT2D eigenvalue weighted by Crippen LogP contribution is -2.64. The van der Waals surface area contributed by atoms with Crippen LogP contribution in [0.1, 0.15) is 162 Å². The zero-order valence-corrected chi connectivity index (χ0v) is 39.9. The number of unbranched alkanes of at least 4 members (excludes halogenated alkanes) is 15. The molecule has 0 radical (unpaired) electrons. The second kappa shape index (κ2) is 36.0. The highest BCUT2D eigenvalue weighted by atomic mass is 31.2. The molecule has 1 saturated carbocycles. The van der Waals surface area contributed by atoms with Gasteiger partial charge in [0.25, 0.3) is 0 Å². The number of esters is 2. The van der Waals surface area contributed by atoms with Gasteiger partial charge in [-0.1, -0.05) is 152 Å². The lowest BCUT2D eigenvalue weighted by Gasteiger charge is -2.43. The first kappa shape index (κ1) is 59.9. The van der Waals surface area contributed by atoms with E-state index in [9.17, 15) is 49.1 Å². The van der Waals surface area contributed by atoms with Crippen LogP contribution >= 0.6 is 15.6 Å². The van der Waals surface area contributed by atoms with Crippen molar-refractivity contribution in [1.29, 1.82) is 0 Å². The first-order valence-corrected chi connectivity index (χ1v) is 26.3. The highest BCUT2D eigenvalue weighted by Gasteiger charge is 2.54. The van der Waals surface area contributed by atoms with Crippen LogP contribution in [0, 0.1) is 0 Å². The molecule has 1 fully saturated rings. The fraction of sp³-hybridized carbons (Fsp3) is 0.778. The van der Waals surface area contributed by atoms with E-state index >= 15 is 0 Å². The fourth-order valence-electron chi connectivity index (χ4n) is 6.83. The van der Waals surface area contributed by atoms with Crippen molar-refractivity contribution in [2.75, 3.05) is 13.2 Å². The summed E-state index contributed by atoms with van der Waals surface area (Å²) in [7, 11) is -10.7. The van der Waals surface area contributed by atoms with E-state index in [1.807, 2.05) is 12.2 Å². The number of allylic oxidation sites excluding steroid dienone is 7. The summed E-state index contributed by atoms with van der Waals surface area (Å²) in [6.07, 6.45) is 21.0. The number of aliphatic hydroxyl groups excluding tert-OH is 5. The fourth-order valence-corrected chi connectivity index (χ4v) is 8.37. The van der Waals surface area contributed by atoms with Gasteiger partial charge in [0.1, 0.15) is 43.2 Å². The van der Waals surface area contributed by atoms with Gasteiger partial charge in [0.2, 0.25) is 0 Å². The number of aliphatic hydroxyl groups is 5. The van der Waals surface area contributed by atoms with Gasteiger partial charge in [0.05, 0.1) is 12.7 Å². The summed E-state index contributed by atoms with van der Waals surface area (Å²) >= 11 is 0. The Morgan fingerprint density at radius 1 is 0.578 bits per heavy atom. The number of phosphoric ester groups is 2. The summed E-state index contributed by atoms with van der Waals surface area (Å²) in [6, 6.07) is 0. The Bertz CT molecular complexity index is 1450. The van der Waals surface area contributed by atoms with Crippen LogP contribution in [0.3, 0.4) is 0 Å². The molecule has 0 saturated heterocycles. The molecule has 8 N–H and O–H groups in total. The number of hydrogen-bond donors (Lipinski definition) is 8. The zero-order chi connectivity index (χ0) is 47.6. The van der Waals surface area contributed by atoms with Gasteiger partial charge in [-0.05, 0) is 44.9 Å². The average molecular weight is 955 g/mol. The Hall–Kier alpha value is -2.08. The van der Waals surface area contributed by atoms with Gasteiger partial charge in [-0.2, -0.15) is 0 Å². The van der Waals surface area contributed by atoms with Crippen molar-refractivity contribution in [2.45, 2.75) is 210 Å². The molecule has 0 bridgehead atoms. The Labute approximate surface area is 380 Å². The Morgan fingerprint density at radius 3 is 1.69 bits per heavy atom. The first-order chi connectivity index (χ1) is 30.5. The van der Waals surface area contributed by atoms with Crippen molar-refractivity contribution in [3.05, 3.63) is 48.6 Å². The van der Waals surface area contributed by atoms with Crippen LogP contribution in [0.4, 0.5) is 0 Å². The second-order valence-electron chi connectivity index (χ2n) is 16.3. The molecule has 0 aromatic heterocycles. The van der Waals surface area contributed by atoms with Crippen LogP contribution in [-0.4, -0.2) is 114 Å². The molecule has 5 unspecified atom stereocenters. The third-order valence-corrected chi connectivity index (χ3v) is 12.0. The molecule has 19 heteroatoms. The summed E-state index contributed by atoms with van der Waals surface area (Å²) < 4.78 is 49.2. The maximum Gasteiger partial charge on any atom is 0.472 e. The van der Waals surface area contributed by atoms with Crippen LogP contribution in [0.15, 0.2) is 48.6 Å². The minimum absolute atomic E-state index is 0.00523. The number of rotatable bonds is 38. The Kier molecular flexibility index (Phi) is 33.7. The summed E-state index contributed by atoms with van der Waals surface area (Å²) in [5, 5.41) is 51.5. The summed E-state index contributed by atoms with van der Waals surface area (Å²) in [5.74, 6) is -1.41. The molecule has 0 aliphatic heterocycles. The molecule has 64 heavy (non-hydrogen) atoms. The average Bonchev–Trinajstić information content (AvgIpc) is 3.24. The third-order valence-electron chi connectivity index (χ3n) is 10.5. The number of ether oxygens (including phenoxy) is 2. The van der Waals surface area contributed by atoms with E-state index in [-0.39, 0.29) is 25.7 Å². The van der Waals surface area contributed by atoms with E-state index in [1.54, 1.807) is 12.2 Å². The smallest absolute Gasteiger partial charge is 0.462 e. The van der Waals surface area contributed by atoms with Crippen LogP contribution in [-0.2, 0) is 41.8 Å². The van der Waals surface area contributed by atoms with Gasteiger partial charge in [-0.25, -0.2) is 9.13 Å². The van der Waals surface area contributed by atoms with Crippen LogP contribution in [0.25, 0.3) is 0 Å². The molecule has 0 heterocycles. The molecule has 1 aliphatic carbocycles. The van der Waals surface area contributed by atoms with Crippen molar-refractivity contribution in [3.63, 3.8) is 0 Å². The van der Waals surface area contributed by atoms with Gasteiger partial charge in [-0.3, -0.25) is 23.2 Å². The van der Waals surface area contributed by atoms with Crippen LogP contribution in [0.2, 0.25) is 0 Å². The van der Waals surface area contributed by atoms with Gasteiger partial charge in [-0.15, -0.1) is 0 Å². The van der Waals surface area contributed by atoms with E-state index in [0.29, 0.717) is 6.42 Å². The van der Waals surface area contributed by atoms with Crippen LogP contribution < -0.4 is 0 Å². The van der Waals surface area contributed by atoms with E-state index < -0.39 is 89.6 Å². The normalized spacial score (nSPS) is 22.7. The second-order valence-corrected chi connectivity index (χ2v) is 18.9. The molecule has 0 aromatic rings. The van der Waals surface area contributed by atoms with E-state index in [4.69, 9.17) is 28.3 Å². The van der Waals surface area contributed by atoms with Crippen molar-refractivity contribution in [2.24, 2.45) is 0 Å². The molecular formula is C45H80O17P2. The quantitative estimate of drug-likeness (QED) is 0.00979. The minimum atomic E-state index is -5.38. The number of hydrogen-bond acceptors (Lipinski definition) is 14. The zero-order valence-electron chi connectivity index (χ0n) is 38.1. The molecule has 0 aromatic carbocycles. The highest BCUT2D eigenvalue weighted by molar-refractivity contribution is 7.47. The first-order valence-electron chi connectivity index (χ1n) is 23.3.